The molecule has 0 radical (unpaired) electrons. The molecule has 1 rings (SSSR count). The van der Waals surface area contributed by atoms with Crippen molar-refractivity contribution in [2.45, 2.75) is 0 Å². The first kappa shape index (κ1) is 11.4. The van der Waals surface area contributed by atoms with E-state index >= 15 is 0 Å². The van der Waals surface area contributed by atoms with Crippen molar-refractivity contribution in [1.82, 2.24) is 0 Å². The van der Waals surface area contributed by atoms with Gasteiger partial charge in [-0.3, -0.25) is 0 Å². The van der Waals surface area contributed by atoms with E-state index in [1.807, 2.05) is 0 Å². The van der Waals surface area contributed by atoms with E-state index in [1.54, 1.807) is 30.6 Å². The summed E-state index contributed by atoms with van der Waals surface area (Å²) < 4.78 is 15.7. The molecule has 0 aromatic carbocycles. The second kappa shape index (κ2) is 5.98. The molecular formula is C5H9CaNO3P+. The Bertz CT molecular complexity index is 230. The zero-order chi connectivity index (χ0) is 7.40. The second-order valence-electron chi connectivity index (χ2n) is 1.59. The van der Waals surface area contributed by atoms with Crippen LogP contribution in [0.2, 0.25) is 0 Å². The number of aromatic nitrogens is 1. The Morgan fingerprint density at radius 3 is 2.27 bits per heavy atom. The van der Waals surface area contributed by atoms with Crippen LogP contribution in [-0.4, -0.2) is 42.6 Å². The van der Waals surface area contributed by atoms with Gasteiger partial charge in [0.1, 0.15) is 0 Å². The van der Waals surface area contributed by atoms with Crippen LogP contribution >= 0.6 is 8.25 Å². The Morgan fingerprint density at radius 1 is 1.27 bits per heavy atom. The van der Waals surface area contributed by atoms with Crippen LogP contribution in [0.5, 0.6) is 0 Å². The Kier molecular flexibility index (Phi) is 6.19. The monoisotopic (exact) mass is 202 g/mol. The minimum absolute atomic E-state index is 0. The Morgan fingerprint density at radius 2 is 1.82 bits per heavy atom. The summed E-state index contributed by atoms with van der Waals surface area (Å²) in [4.78, 5) is 8.31. The summed E-state index contributed by atoms with van der Waals surface area (Å²) in [5.41, 5.74) is 0. The van der Waals surface area contributed by atoms with Gasteiger partial charge in [-0.05, 0) is 0 Å². The molecule has 0 spiro atoms. The summed E-state index contributed by atoms with van der Waals surface area (Å²) in [5.74, 6) is 0. The van der Waals surface area contributed by atoms with Gasteiger partial charge >= 0.3 is 46.0 Å². The van der Waals surface area contributed by atoms with Crippen molar-refractivity contribution in [2.24, 2.45) is 0 Å². The van der Waals surface area contributed by atoms with Gasteiger partial charge in [-0.25, -0.2) is 4.57 Å². The van der Waals surface area contributed by atoms with Gasteiger partial charge in [0.05, 0.1) is 0 Å². The molecule has 1 atom stereocenters. The van der Waals surface area contributed by atoms with Crippen molar-refractivity contribution < 1.29 is 18.8 Å². The van der Waals surface area contributed by atoms with Crippen molar-refractivity contribution in [3.8, 4) is 0 Å². The molecule has 0 saturated heterocycles. The Hall–Kier alpha value is 0.400. The molecule has 1 unspecified atom stereocenters. The number of hydrogen-bond acceptors (Lipinski definition) is 2. The topological polar surface area (TPSA) is 50.4 Å². The van der Waals surface area contributed by atoms with Gasteiger partial charge in [-0.1, -0.05) is 6.07 Å². The third-order valence-electron chi connectivity index (χ3n) is 0.872. The SMILES string of the molecule is O=[PH](O)O[n+]1ccccc1.[CaH2]. The summed E-state index contributed by atoms with van der Waals surface area (Å²) >= 11 is 0. The molecule has 1 heterocycles. The van der Waals surface area contributed by atoms with Crippen LogP contribution in [0.1, 0.15) is 0 Å². The maximum atomic E-state index is 10.1. The molecule has 4 nitrogen and oxygen atoms in total. The van der Waals surface area contributed by atoms with Gasteiger partial charge in [0.25, 0.3) is 0 Å². The van der Waals surface area contributed by atoms with E-state index in [0.717, 1.165) is 0 Å². The summed E-state index contributed by atoms with van der Waals surface area (Å²) in [7, 11) is -2.87. The average Bonchev–Trinajstić information content (AvgIpc) is 1.88. The normalized spacial score (nSPS) is 11.4. The van der Waals surface area contributed by atoms with Gasteiger partial charge < -0.3 is 4.89 Å². The molecule has 0 bridgehead atoms. The molecule has 1 aromatic heterocycles. The third kappa shape index (κ3) is 4.77. The van der Waals surface area contributed by atoms with Crippen molar-refractivity contribution in [2.75, 3.05) is 0 Å². The molecule has 0 aliphatic rings. The predicted molar refractivity (Wildman–Crippen MR) is 43.0 cm³/mol. The van der Waals surface area contributed by atoms with Gasteiger partial charge in [0.2, 0.25) is 12.4 Å². The number of hydrogen-bond donors (Lipinski definition) is 1. The number of rotatable bonds is 2. The first-order chi connectivity index (χ1) is 4.79. The van der Waals surface area contributed by atoms with E-state index in [0.29, 0.717) is 0 Å². The zero-order valence-corrected chi connectivity index (χ0v) is 6.10. The van der Waals surface area contributed by atoms with Crippen LogP contribution in [-0.2, 0) is 4.57 Å². The van der Waals surface area contributed by atoms with Gasteiger partial charge in [-0.15, -0.1) is 0 Å². The van der Waals surface area contributed by atoms with Crippen LogP contribution in [0.15, 0.2) is 30.6 Å². The number of nitrogens with zero attached hydrogens (tertiary/aromatic N) is 1. The second-order valence-corrected chi connectivity index (χ2v) is 2.31. The standard InChI is InChI=1S/C5H6NO3P.Ca.2H/c7-10(8)9-6-4-2-1-3-5-6;;;/h1-5,10H;;;/p+1. The van der Waals surface area contributed by atoms with Gasteiger partial charge in [0, 0.05) is 16.9 Å². The quantitative estimate of drug-likeness (QED) is 0.375. The van der Waals surface area contributed by atoms with Crippen molar-refractivity contribution in [3.05, 3.63) is 30.6 Å². The fourth-order valence-corrected chi connectivity index (χ4v) is 0.836. The van der Waals surface area contributed by atoms with E-state index < -0.39 is 8.25 Å². The third-order valence-corrected chi connectivity index (χ3v) is 1.24. The van der Waals surface area contributed by atoms with Crippen molar-refractivity contribution in [3.63, 3.8) is 0 Å². The zero-order valence-electron chi connectivity index (χ0n) is 5.10. The fourth-order valence-electron chi connectivity index (χ4n) is 0.534. The van der Waals surface area contributed by atoms with Crippen molar-refractivity contribution >= 4 is 46.0 Å². The Labute approximate surface area is 94.7 Å². The molecule has 1 N–H and O–H groups in total. The van der Waals surface area contributed by atoms with Crippen molar-refractivity contribution in [1.29, 1.82) is 0 Å². The Balaban J connectivity index is 0.000001000. The summed E-state index contributed by atoms with van der Waals surface area (Å²) in [6.07, 6.45) is 3.08. The van der Waals surface area contributed by atoms with E-state index in [9.17, 15) is 4.57 Å². The summed E-state index contributed by atoms with van der Waals surface area (Å²) in [5, 5.41) is 0. The van der Waals surface area contributed by atoms with Gasteiger partial charge in [-0.2, -0.15) is 4.62 Å². The fraction of sp³-hybridized carbons (Fsp3) is 0. The molecular weight excluding hydrogens is 193 g/mol. The van der Waals surface area contributed by atoms with Crippen LogP contribution in [0.4, 0.5) is 0 Å². The van der Waals surface area contributed by atoms with E-state index in [1.165, 1.54) is 4.73 Å². The summed E-state index contributed by atoms with van der Waals surface area (Å²) in [6, 6.07) is 5.18. The van der Waals surface area contributed by atoms with Crippen LogP contribution in [0.25, 0.3) is 0 Å². The molecule has 0 amide bonds. The molecule has 0 aliphatic carbocycles. The predicted octanol–water partition coefficient (Wildman–Crippen LogP) is -1.13. The average molecular weight is 202 g/mol. The van der Waals surface area contributed by atoms with E-state index in [2.05, 4.69) is 4.62 Å². The van der Waals surface area contributed by atoms with Crippen LogP contribution in [0, 0.1) is 0 Å². The minimum atomic E-state index is -2.87. The van der Waals surface area contributed by atoms with Gasteiger partial charge in [0.15, 0.2) is 0 Å². The molecule has 0 aliphatic heterocycles. The first-order valence-electron chi connectivity index (χ1n) is 2.66. The molecule has 6 heteroatoms. The molecule has 11 heavy (non-hydrogen) atoms. The maximum absolute atomic E-state index is 10.1. The first-order valence-corrected chi connectivity index (χ1v) is 3.93. The summed E-state index contributed by atoms with van der Waals surface area (Å²) in [6.45, 7) is 0. The van der Waals surface area contributed by atoms with E-state index in [4.69, 9.17) is 4.89 Å². The number of pyridine rings is 1. The van der Waals surface area contributed by atoms with Crippen LogP contribution < -0.4 is 9.35 Å². The molecule has 1 aromatic rings. The molecule has 58 valence electrons. The van der Waals surface area contributed by atoms with E-state index in [-0.39, 0.29) is 37.7 Å². The molecule has 0 saturated carbocycles. The molecule has 0 fully saturated rings. The van der Waals surface area contributed by atoms with Crippen LogP contribution in [0.3, 0.4) is 0 Å².